The molecule has 0 fully saturated rings. The van der Waals surface area contributed by atoms with Gasteiger partial charge in [0.2, 0.25) is 5.65 Å². The van der Waals surface area contributed by atoms with Gasteiger partial charge in [-0.1, -0.05) is 0 Å². The second kappa shape index (κ2) is 2.70. The molecule has 0 saturated carbocycles. The summed E-state index contributed by atoms with van der Waals surface area (Å²) in [5.41, 5.74) is 3.95. The Kier molecular flexibility index (Phi) is 1.53. The highest BCUT2D eigenvalue weighted by Crippen LogP contribution is 2.44. The Morgan fingerprint density at radius 3 is 2.94 bits per heavy atom. The zero-order valence-corrected chi connectivity index (χ0v) is 8.71. The number of fused-ring (bicyclic) bond motifs is 3. The van der Waals surface area contributed by atoms with Crippen LogP contribution < -0.4 is 11.3 Å². The van der Waals surface area contributed by atoms with E-state index >= 15 is 0 Å². The average molecular weight is 219 g/mol. The minimum atomic E-state index is -0.472. The third kappa shape index (κ3) is 0.972. The van der Waals surface area contributed by atoms with Crippen molar-refractivity contribution in [3.05, 3.63) is 5.56 Å². The standard InChI is InChI=1S/C7H9N9/c1-7(2)3-4(10-13-7)5(9-8)12-16-6(3)11-14-15-16/h8H2,1-2H3,(H,9,12). The van der Waals surface area contributed by atoms with Crippen LogP contribution in [0.3, 0.4) is 0 Å². The lowest BCUT2D eigenvalue weighted by molar-refractivity contribution is 0.555. The topological polar surface area (TPSA) is 119 Å². The molecule has 16 heavy (non-hydrogen) atoms. The van der Waals surface area contributed by atoms with Gasteiger partial charge in [-0.2, -0.15) is 10.2 Å². The number of nitrogens with zero attached hydrogens (tertiary/aromatic N) is 7. The van der Waals surface area contributed by atoms with Crippen LogP contribution in [-0.4, -0.2) is 25.3 Å². The molecule has 0 bridgehead atoms. The van der Waals surface area contributed by atoms with Gasteiger partial charge in [-0.05, 0) is 24.3 Å². The van der Waals surface area contributed by atoms with Crippen LogP contribution in [0, 0.1) is 0 Å². The maximum Gasteiger partial charge on any atom is 0.208 e. The van der Waals surface area contributed by atoms with Crippen LogP contribution in [0.4, 0.5) is 11.5 Å². The molecule has 1 aliphatic heterocycles. The summed E-state index contributed by atoms with van der Waals surface area (Å²) in [6.45, 7) is 3.86. The largest absolute Gasteiger partial charge is 0.305 e. The van der Waals surface area contributed by atoms with Crippen molar-refractivity contribution in [2.24, 2.45) is 16.1 Å². The molecule has 2 aromatic heterocycles. The van der Waals surface area contributed by atoms with E-state index in [0.29, 0.717) is 17.2 Å². The number of nitrogens with two attached hydrogens (primary N) is 1. The van der Waals surface area contributed by atoms with Crippen molar-refractivity contribution < 1.29 is 0 Å². The molecular weight excluding hydrogens is 210 g/mol. The molecule has 3 rings (SSSR count). The van der Waals surface area contributed by atoms with E-state index in [1.165, 1.54) is 4.63 Å². The molecule has 9 nitrogen and oxygen atoms in total. The number of hydrogen-bond donors (Lipinski definition) is 2. The summed E-state index contributed by atoms with van der Waals surface area (Å²) in [5, 5.41) is 23.5. The minimum Gasteiger partial charge on any atom is -0.305 e. The molecule has 0 unspecified atom stereocenters. The molecule has 0 aromatic carbocycles. The van der Waals surface area contributed by atoms with Crippen molar-refractivity contribution in [2.75, 3.05) is 5.43 Å². The van der Waals surface area contributed by atoms with Gasteiger partial charge in [0.15, 0.2) is 5.82 Å². The van der Waals surface area contributed by atoms with Crippen molar-refractivity contribution in [3.8, 4) is 0 Å². The van der Waals surface area contributed by atoms with E-state index < -0.39 is 5.54 Å². The molecule has 0 spiro atoms. The van der Waals surface area contributed by atoms with Gasteiger partial charge in [-0.25, -0.2) is 5.84 Å². The number of hydrazine groups is 1. The number of nitrogen functional groups attached to an aromatic ring is 1. The third-order valence-electron chi connectivity index (χ3n) is 2.48. The van der Waals surface area contributed by atoms with Crippen LogP contribution in [0.5, 0.6) is 0 Å². The van der Waals surface area contributed by atoms with Crippen molar-refractivity contribution in [3.63, 3.8) is 0 Å². The highest BCUT2D eigenvalue weighted by Gasteiger charge is 2.35. The van der Waals surface area contributed by atoms with Gasteiger partial charge >= 0.3 is 0 Å². The molecule has 0 aliphatic carbocycles. The minimum absolute atomic E-state index is 0.407. The summed E-state index contributed by atoms with van der Waals surface area (Å²) in [4.78, 5) is 0. The Morgan fingerprint density at radius 1 is 1.38 bits per heavy atom. The number of nitrogens with one attached hydrogen (secondary N) is 1. The normalized spacial score (nSPS) is 16.7. The molecule has 3 N–H and O–H groups in total. The monoisotopic (exact) mass is 219 g/mol. The van der Waals surface area contributed by atoms with E-state index in [1.54, 1.807) is 0 Å². The molecule has 0 radical (unpaired) electrons. The first-order valence-corrected chi connectivity index (χ1v) is 4.66. The summed E-state index contributed by atoms with van der Waals surface area (Å²) in [5.74, 6) is 5.78. The molecule has 2 aromatic rings. The van der Waals surface area contributed by atoms with Crippen molar-refractivity contribution in [1.29, 1.82) is 0 Å². The third-order valence-corrected chi connectivity index (χ3v) is 2.48. The molecular formula is C7H9N9. The van der Waals surface area contributed by atoms with E-state index in [1.807, 2.05) is 13.8 Å². The number of azo groups is 1. The van der Waals surface area contributed by atoms with E-state index in [4.69, 9.17) is 5.84 Å². The Morgan fingerprint density at radius 2 is 2.19 bits per heavy atom. The Balaban J connectivity index is 2.46. The second-order valence-electron chi connectivity index (χ2n) is 3.97. The van der Waals surface area contributed by atoms with Crippen LogP contribution >= 0.6 is 0 Å². The summed E-state index contributed by atoms with van der Waals surface area (Å²) < 4.78 is 1.31. The Labute approximate surface area is 89.7 Å². The predicted octanol–water partition coefficient (Wildman–Crippen LogP) is 0.137. The van der Waals surface area contributed by atoms with Crippen molar-refractivity contribution >= 4 is 17.2 Å². The summed E-state index contributed by atoms with van der Waals surface area (Å²) >= 11 is 0. The maximum absolute atomic E-state index is 5.38. The number of anilines is 1. The fraction of sp³-hybridized carbons (Fsp3) is 0.429. The van der Waals surface area contributed by atoms with Gasteiger partial charge in [0.1, 0.15) is 11.2 Å². The number of aromatic nitrogens is 5. The zero-order chi connectivity index (χ0) is 11.3. The Hall–Kier alpha value is -2.16. The molecule has 0 amide bonds. The zero-order valence-electron chi connectivity index (χ0n) is 8.71. The van der Waals surface area contributed by atoms with Gasteiger partial charge < -0.3 is 5.43 Å². The van der Waals surface area contributed by atoms with E-state index in [0.717, 1.165) is 5.56 Å². The van der Waals surface area contributed by atoms with Gasteiger partial charge in [-0.15, -0.1) is 14.8 Å². The summed E-state index contributed by atoms with van der Waals surface area (Å²) in [6.07, 6.45) is 0. The molecule has 3 heterocycles. The second-order valence-corrected chi connectivity index (χ2v) is 3.97. The SMILES string of the molecule is CC1(C)N=Nc2c(NN)nn3nnnc3c21. The van der Waals surface area contributed by atoms with E-state index in [-0.39, 0.29) is 0 Å². The van der Waals surface area contributed by atoms with Crippen LogP contribution in [0.2, 0.25) is 0 Å². The summed E-state index contributed by atoms with van der Waals surface area (Å²) in [7, 11) is 0. The maximum atomic E-state index is 5.38. The lowest BCUT2D eigenvalue weighted by Gasteiger charge is -2.14. The Bertz CT molecular complexity index is 595. The van der Waals surface area contributed by atoms with Crippen LogP contribution in [0.25, 0.3) is 5.65 Å². The van der Waals surface area contributed by atoms with Crippen LogP contribution in [0.15, 0.2) is 10.2 Å². The first kappa shape index (κ1) is 9.09. The van der Waals surface area contributed by atoms with E-state index in [9.17, 15) is 0 Å². The smallest absolute Gasteiger partial charge is 0.208 e. The highest BCUT2D eigenvalue weighted by atomic mass is 15.6. The van der Waals surface area contributed by atoms with Crippen LogP contribution in [0.1, 0.15) is 19.4 Å². The molecule has 9 heteroatoms. The number of tetrazole rings is 1. The molecule has 1 aliphatic rings. The lowest BCUT2D eigenvalue weighted by atomic mass is 9.96. The van der Waals surface area contributed by atoms with Gasteiger partial charge in [-0.3, -0.25) is 0 Å². The highest BCUT2D eigenvalue weighted by molar-refractivity contribution is 5.74. The number of rotatable bonds is 1. The quantitative estimate of drug-likeness (QED) is 0.520. The predicted molar refractivity (Wildman–Crippen MR) is 53.9 cm³/mol. The molecule has 82 valence electrons. The molecule has 0 saturated heterocycles. The van der Waals surface area contributed by atoms with Crippen molar-refractivity contribution in [1.82, 2.24) is 25.3 Å². The fourth-order valence-electron chi connectivity index (χ4n) is 1.75. The van der Waals surface area contributed by atoms with Gasteiger partial charge in [0.25, 0.3) is 0 Å². The van der Waals surface area contributed by atoms with Crippen molar-refractivity contribution in [2.45, 2.75) is 19.4 Å². The van der Waals surface area contributed by atoms with Gasteiger partial charge in [0.05, 0.1) is 5.56 Å². The number of hydrogen-bond acceptors (Lipinski definition) is 8. The first-order valence-electron chi connectivity index (χ1n) is 4.66. The first-order chi connectivity index (χ1) is 7.63. The van der Waals surface area contributed by atoms with Crippen LogP contribution in [-0.2, 0) is 5.54 Å². The molecule has 0 atom stereocenters. The van der Waals surface area contributed by atoms with Gasteiger partial charge in [0, 0.05) is 0 Å². The lowest BCUT2D eigenvalue weighted by Crippen LogP contribution is -2.16. The summed E-state index contributed by atoms with van der Waals surface area (Å²) in [6, 6.07) is 0. The average Bonchev–Trinajstić information content (AvgIpc) is 2.81. The fourth-order valence-corrected chi connectivity index (χ4v) is 1.75. The van der Waals surface area contributed by atoms with E-state index in [2.05, 4.69) is 36.3 Å².